The number of methoxy groups -OCH3 is 2. The van der Waals surface area contributed by atoms with Crippen LogP contribution in [0.1, 0.15) is 0 Å². The molecule has 0 aromatic heterocycles. The Kier molecular flexibility index (Phi) is 6.05. The van der Waals surface area contributed by atoms with Crippen molar-refractivity contribution in [3.63, 3.8) is 0 Å². The normalized spacial score (nSPS) is 15.1. The summed E-state index contributed by atoms with van der Waals surface area (Å²) in [5.41, 5.74) is 0.572. The Hall–Kier alpha value is -2.78. The highest BCUT2D eigenvalue weighted by molar-refractivity contribution is 7.89. The molecule has 1 aliphatic heterocycles. The molecule has 150 valence electrons. The Bertz CT molecular complexity index is 923. The average molecular weight is 405 g/mol. The van der Waals surface area contributed by atoms with Crippen molar-refractivity contribution in [3.05, 3.63) is 48.5 Å². The Morgan fingerprint density at radius 1 is 0.929 bits per heavy atom. The van der Waals surface area contributed by atoms with Crippen molar-refractivity contribution >= 4 is 21.7 Å². The average Bonchev–Trinajstić information content (AvgIpc) is 2.74. The van der Waals surface area contributed by atoms with Gasteiger partial charge in [0.2, 0.25) is 10.0 Å². The fourth-order valence-electron chi connectivity index (χ4n) is 2.97. The predicted molar refractivity (Wildman–Crippen MR) is 105 cm³/mol. The molecular weight excluding hydrogens is 382 g/mol. The highest BCUT2D eigenvalue weighted by Gasteiger charge is 2.30. The molecule has 2 aromatic carbocycles. The van der Waals surface area contributed by atoms with E-state index in [-0.39, 0.29) is 24.0 Å². The number of carbonyl (C=O) groups is 1. The summed E-state index contributed by atoms with van der Waals surface area (Å²) in [5, 5.41) is 2.81. The fraction of sp³-hybridized carbons (Fsp3) is 0.316. The van der Waals surface area contributed by atoms with E-state index in [1.54, 1.807) is 35.2 Å². The number of para-hydroxylation sites is 2. The minimum Gasteiger partial charge on any atom is -0.497 e. The summed E-state index contributed by atoms with van der Waals surface area (Å²) in [6.07, 6.45) is 0. The minimum atomic E-state index is -3.61. The van der Waals surface area contributed by atoms with Gasteiger partial charge in [0.15, 0.2) is 0 Å². The number of hydrogen-bond acceptors (Lipinski definition) is 5. The fourth-order valence-corrected chi connectivity index (χ4v) is 4.39. The zero-order chi connectivity index (χ0) is 20.1. The number of piperazine rings is 1. The number of ether oxygens (including phenoxy) is 2. The molecule has 1 aliphatic rings. The van der Waals surface area contributed by atoms with Crippen LogP contribution >= 0.6 is 0 Å². The maximum atomic E-state index is 12.8. The summed E-state index contributed by atoms with van der Waals surface area (Å²) in [6.45, 7) is 1.06. The molecule has 1 N–H and O–H groups in total. The first-order chi connectivity index (χ1) is 13.5. The molecule has 0 radical (unpaired) electrons. The summed E-state index contributed by atoms with van der Waals surface area (Å²) < 4.78 is 37.3. The van der Waals surface area contributed by atoms with E-state index >= 15 is 0 Å². The lowest BCUT2D eigenvalue weighted by Crippen LogP contribution is -2.51. The molecule has 8 nitrogen and oxygen atoms in total. The van der Waals surface area contributed by atoms with Crippen molar-refractivity contribution in [1.82, 2.24) is 9.21 Å². The van der Waals surface area contributed by atoms with E-state index in [2.05, 4.69) is 5.32 Å². The summed E-state index contributed by atoms with van der Waals surface area (Å²) >= 11 is 0. The van der Waals surface area contributed by atoms with Crippen molar-refractivity contribution < 1.29 is 22.7 Å². The van der Waals surface area contributed by atoms with Gasteiger partial charge in [0.25, 0.3) is 0 Å². The Labute approximate surface area is 164 Å². The largest absolute Gasteiger partial charge is 0.497 e. The molecule has 28 heavy (non-hydrogen) atoms. The third kappa shape index (κ3) is 4.20. The van der Waals surface area contributed by atoms with Gasteiger partial charge < -0.3 is 19.7 Å². The van der Waals surface area contributed by atoms with Gasteiger partial charge >= 0.3 is 6.03 Å². The smallest absolute Gasteiger partial charge is 0.322 e. The van der Waals surface area contributed by atoms with Crippen LogP contribution in [-0.2, 0) is 10.0 Å². The number of amides is 2. The molecule has 2 aromatic rings. The Morgan fingerprint density at radius 3 is 2.18 bits per heavy atom. The van der Waals surface area contributed by atoms with Crippen LogP contribution in [0.4, 0.5) is 10.5 Å². The molecule has 1 saturated heterocycles. The number of urea groups is 1. The number of anilines is 1. The van der Waals surface area contributed by atoms with Gasteiger partial charge in [0, 0.05) is 26.2 Å². The highest BCUT2D eigenvalue weighted by Crippen LogP contribution is 2.24. The van der Waals surface area contributed by atoms with Crippen LogP contribution in [0.25, 0.3) is 0 Å². The second-order valence-electron chi connectivity index (χ2n) is 6.20. The van der Waals surface area contributed by atoms with Crippen LogP contribution < -0.4 is 14.8 Å². The molecule has 0 atom stereocenters. The van der Waals surface area contributed by atoms with Gasteiger partial charge in [-0.2, -0.15) is 4.31 Å². The van der Waals surface area contributed by atoms with Crippen LogP contribution in [0.5, 0.6) is 11.5 Å². The lowest BCUT2D eigenvalue weighted by atomic mass is 10.3. The predicted octanol–water partition coefficient (Wildman–Crippen LogP) is 2.24. The molecule has 2 amide bonds. The number of benzene rings is 2. The zero-order valence-corrected chi connectivity index (χ0v) is 16.6. The number of carbonyl (C=O) groups excluding carboxylic acids is 1. The monoisotopic (exact) mass is 405 g/mol. The summed E-state index contributed by atoms with van der Waals surface area (Å²) in [6, 6.07) is 13.1. The Morgan fingerprint density at radius 2 is 1.57 bits per heavy atom. The number of nitrogens with zero attached hydrogens (tertiary/aromatic N) is 2. The number of hydrogen-bond donors (Lipinski definition) is 1. The SMILES string of the molecule is COc1ccc(S(=O)(=O)N2CCN(C(=O)Nc3ccccc3OC)CC2)cc1. The van der Waals surface area contributed by atoms with E-state index in [0.717, 1.165) is 0 Å². The van der Waals surface area contributed by atoms with Crippen LogP contribution in [0.2, 0.25) is 0 Å². The molecule has 0 spiro atoms. The molecule has 0 unspecified atom stereocenters. The number of sulfonamides is 1. The van der Waals surface area contributed by atoms with E-state index in [4.69, 9.17) is 9.47 Å². The quantitative estimate of drug-likeness (QED) is 0.824. The van der Waals surface area contributed by atoms with Gasteiger partial charge in [-0.15, -0.1) is 0 Å². The van der Waals surface area contributed by atoms with E-state index in [1.807, 2.05) is 6.07 Å². The van der Waals surface area contributed by atoms with E-state index in [0.29, 0.717) is 30.3 Å². The first-order valence-electron chi connectivity index (χ1n) is 8.79. The van der Waals surface area contributed by atoms with Crippen LogP contribution in [0.3, 0.4) is 0 Å². The maximum Gasteiger partial charge on any atom is 0.322 e. The van der Waals surface area contributed by atoms with E-state index < -0.39 is 10.0 Å². The summed E-state index contributed by atoms with van der Waals surface area (Å²) in [5.74, 6) is 1.16. The lowest BCUT2D eigenvalue weighted by molar-refractivity contribution is 0.184. The molecule has 1 fully saturated rings. The standard InChI is InChI=1S/C19H23N3O5S/c1-26-15-7-9-16(10-8-15)28(24,25)22-13-11-21(12-14-22)19(23)20-17-5-3-4-6-18(17)27-2/h3-10H,11-14H2,1-2H3,(H,20,23). The van der Waals surface area contributed by atoms with E-state index in [1.165, 1.54) is 30.7 Å². The lowest BCUT2D eigenvalue weighted by Gasteiger charge is -2.34. The van der Waals surface area contributed by atoms with Gasteiger partial charge in [-0.3, -0.25) is 0 Å². The first kappa shape index (κ1) is 20.0. The molecule has 1 heterocycles. The maximum absolute atomic E-state index is 12.8. The van der Waals surface area contributed by atoms with Crippen molar-refractivity contribution in [3.8, 4) is 11.5 Å². The van der Waals surface area contributed by atoms with E-state index in [9.17, 15) is 13.2 Å². The molecule has 9 heteroatoms. The third-order valence-electron chi connectivity index (χ3n) is 4.57. The first-order valence-corrected chi connectivity index (χ1v) is 10.2. The Balaban J connectivity index is 1.62. The third-order valence-corrected chi connectivity index (χ3v) is 6.48. The molecule has 0 saturated carbocycles. The van der Waals surface area contributed by atoms with Gasteiger partial charge in [0.1, 0.15) is 11.5 Å². The summed E-state index contributed by atoms with van der Waals surface area (Å²) in [7, 11) is -0.544. The molecule has 0 bridgehead atoms. The van der Waals surface area contributed by atoms with Crippen molar-refractivity contribution in [1.29, 1.82) is 0 Å². The van der Waals surface area contributed by atoms with Gasteiger partial charge in [-0.25, -0.2) is 13.2 Å². The topological polar surface area (TPSA) is 88.2 Å². The highest BCUT2D eigenvalue weighted by atomic mass is 32.2. The van der Waals surface area contributed by atoms with Crippen LogP contribution in [0.15, 0.2) is 53.4 Å². The van der Waals surface area contributed by atoms with Crippen LogP contribution in [-0.4, -0.2) is 64.1 Å². The number of rotatable bonds is 5. The van der Waals surface area contributed by atoms with Gasteiger partial charge in [-0.1, -0.05) is 12.1 Å². The van der Waals surface area contributed by atoms with Gasteiger partial charge in [0.05, 0.1) is 24.8 Å². The number of nitrogens with one attached hydrogen (secondary N) is 1. The zero-order valence-electron chi connectivity index (χ0n) is 15.8. The van der Waals surface area contributed by atoms with Crippen LogP contribution in [0, 0.1) is 0 Å². The second kappa shape index (κ2) is 8.49. The van der Waals surface area contributed by atoms with Gasteiger partial charge in [-0.05, 0) is 36.4 Å². The molecular formula is C19H23N3O5S. The molecule has 3 rings (SSSR count). The van der Waals surface area contributed by atoms with Crippen molar-refractivity contribution in [2.24, 2.45) is 0 Å². The van der Waals surface area contributed by atoms with Crippen molar-refractivity contribution in [2.75, 3.05) is 45.7 Å². The van der Waals surface area contributed by atoms with Crippen molar-refractivity contribution in [2.45, 2.75) is 4.90 Å². The second-order valence-corrected chi connectivity index (χ2v) is 8.14. The molecule has 0 aliphatic carbocycles. The summed E-state index contributed by atoms with van der Waals surface area (Å²) in [4.78, 5) is 14.3. The minimum absolute atomic E-state index is 0.209.